The molecule has 0 aliphatic heterocycles. The predicted molar refractivity (Wildman–Crippen MR) is 50.7 cm³/mol. The molecule has 0 heterocycles. The summed E-state index contributed by atoms with van der Waals surface area (Å²) in [6.07, 6.45) is 0. The van der Waals surface area contributed by atoms with Crippen molar-refractivity contribution in [2.75, 3.05) is 14.2 Å². The maximum absolute atomic E-state index is 11.3. The summed E-state index contributed by atoms with van der Waals surface area (Å²) in [5.74, 6) is -0.869. The first-order valence-electron chi connectivity index (χ1n) is 4.04. The minimum absolute atomic E-state index is 0.0274. The second kappa shape index (κ2) is 4.33. The van der Waals surface area contributed by atoms with Gasteiger partial charge in [0, 0.05) is 0 Å². The van der Waals surface area contributed by atoms with Crippen molar-refractivity contribution in [1.29, 1.82) is 5.26 Å². The van der Waals surface area contributed by atoms with Crippen LogP contribution in [0.4, 0.5) is 0 Å². The van der Waals surface area contributed by atoms with E-state index in [9.17, 15) is 9.90 Å². The van der Waals surface area contributed by atoms with Gasteiger partial charge in [0.1, 0.15) is 11.6 Å². The number of carbonyl (C=O) groups excluding carboxylic acids is 1. The van der Waals surface area contributed by atoms with E-state index in [0.717, 1.165) is 0 Å². The molecule has 1 rings (SSSR count). The smallest absolute Gasteiger partial charge is 0.339 e. The SMILES string of the molecule is COC(=O)c1ccc(O)c(OC)c1C#N. The van der Waals surface area contributed by atoms with Crippen molar-refractivity contribution in [3.05, 3.63) is 23.3 Å². The number of aromatic hydroxyl groups is 1. The van der Waals surface area contributed by atoms with Crippen LogP contribution in [0.2, 0.25) is 0 Å². The number of benzene rings is 1. The van der Waals surface area contributed by atoms with Gasteiger partial charge in [0.25, 0.3) is 0 Å². The molecular formula is C10H9NO4. The van der Waals surface area contributed by atoms with Gasteiger partial charge in [-0.05, 0) is 12.1 Å². The molecule has 0 unspecified atom stereocenters. The quantitative estimate of drug-likeness (QED) is 0.733. The average molecular weight is 207 g/mol. The van der Waals surface area contributed by atoms with Crippen LogP contribution < -0.4 is 4.74 Å². The highest BCUT2D eigenvalue weighted by Crippen LogP contribution is 2.32. The molecule has 0 aliphatic carbocycles. The summed E-state index contributed by atoms with van der Waals surface area (Å²) in [4.78, 5) is 11.3. The summed E-state index contributed by atoms with van der Waals surface area (Å²) in [5, 5.41) is 18.2. The third kappa shape index (κ3) is 1.83. The Labute approximate surface area is 86.5 Å². The highest BCUT2D eigenvalue weighted by molar-refractivity contribution is 5.93. The molecular weight excluding hydrogens is 198 g/mol. The number of rotatable bonds is 2. The van der Waals surface area contributed by atoms with Crippen LogP contribution in [-0.2, 0) is 4.74 Å². The van der Waals surface area contributed by atoms with Gasteiger partial charge in [-0.1, -0.05) is 0 Å². The fraction of sp³-hybridized carbons (Fsp3) is 0.200. The first-order valence-corrected chi connectivity index (χ1v) is 4.04. The zero-order chi connectivity index (χ0) is 11.4. The zero-order valence-corrected chi connectivity index (χ0v) is 8.27. The summed E-state index contributed by atoms with van der Waals surface area (Å²) in [6.45, 7) is 0. The molecule has 0 bridgehead atoms. The van der Waals surface area contributed by atoms with Gasteiger partial charge in [-0.15, -0.1) is 0 Å². The van der Waals surface area contributed by atoms with E-state index in [1.54, 1.807) is 6.07 Å². The molecule has 1 N–H and O–H groups in total. The fourth-order valence-electron chi connectivity index (χ4n) is 1.17. The summed E-state index contributed by atoms with van der Waals surface area (Å²) in [7, 11) is 2.51. The van der Waals surface area contributed by atoms with E-state index in [-0.39, 0.29) is 22.6 Å². The lowest BCUT2D eigenvalue weighted by atomic mass is 10.1. The molecule has 0 radical (unpaired) electrons. The molecule has 0 amide bonds. The average Bonchev–Trinajstić information content (AvgIpc) is 2.27. The third-order valence-corrected chi connectivity index (χ3v) is 1.86. The van der Waals surface area contributed by atoms with Crippen molar-refractivity contribution in [2.45, 2.75) is 0 Å². The molecule has 0 saturated carbocycles. The van der Waals surface area contributed by atoms with Crippen molar-refractivity contribution in [3.63, 3.8) is 0 Å². The molecule has 5 heteroatoms. The Hall–Kier alpha value is -2.22. The van der Waals surface area contributed by atoms with Gasteiger partial charge in [0.15, 0.2) is 11.5 Å². The molecule has 15 heavy (non-hydrogen) atoms. The van der Waals surface area contributed by atoms with E-state index in [2.05, 4.69) is 4.74 Å². The van der Waals surface area contributed by atoms with Crippen LogP contribution in [0.25, 0.3) is 0 Å². The maximum Gasteiger partial charge on any atom is 0.339 e. The summed E-state index contributed by atoms with van der Waals surface area (Å²) >= 11 is 0. The number of methoxy groups -OCH3 is 2. The number of phenols is 1. The van der Waals surface area contributed by atoms with Crippen LogP contribution in [-0.4, -0.2) is 25.3 Å². The van der Waals surface area contributed by atoms with Crippen molar-refractivity contribution < 1.29 is 19.4 Å². The second-order valence-corrected chi connectivity index (χ2v) is 2.64. The normalized spacial score (nSPS) is 9.13. The van der Waals surface area contributed by atoms with Crippen molar-refractivity contribution in [2.24, 2.45) is 0 Å². The molecule has 0 atom stereocenters. The Kier molecular flexibility index (Phi) is 3.13. The van der Waals surface area contributed by atoms with E-state index in [1.165, 1.54) is 26.4 Å². The topological polar surface area (TPSA) is 79.6 Å². The number of nitrogens with zero attached hydrogens (tertiary/aromatic N) is 1. The first kappa shape index (κ1) is 10.9. The van der Waals surface area contributed by atoms with Crippen LogP contribution in [0.1, 0.15) is 15.9 Å². The third-order valence-electron chi connectivity index (χ3n) is 1.86. The lowest BCUT2D eigenvalue weighted by molar-refractivity contribution is 0.0600. The summed E-state index contributed by atoms with van der Waals surface area (Å²) in [5.41, 5.74) is 0.0269. The van der Waals surface area contributed by atoms with E-state index in [4.69, 9.17) is 10.00 Å². The lowest BCUT2D eigenvalue weighted by Crippen LogP contribution is -2.05. The van der Waals surface area contributed by atoms with Crippen molar-refractivity contribution >= 4 is 5.97 Å². The predicted octanol–water partition coefficient (Wildman–Crippen LogP) is 1.06. The minimum Gasteiger partial charge on any atom is -0.504 e. The highest BCUT2D eigenvalue weighted by atomic mass is 16.5. The monoisotopic (exact) mass is 207 g/mol. The second-order valence-electron chi connectivity index (χ2n) is 2.64. The zero-order valence-electron chi connectivity index (χ0n) is 8.27. The Bertz CT molecular complexity index is 434. The van der Waals surface area contributed by atoms with Crippen molar-refractivity contribution in [3.8, 4) is 17.6 Å². The summed E-state index contributed by atoms with van der Waals surface area (Å²) in [6, 6.07) is 4.36. The molecule has 0 spiro atoms. The standard InChI is InChI=1S/C10H9NO4/c1-14-9-7(5-11)6(10(13)15-2)3-4-8(9)12/h3-4,12H,1-2H3. The number of esters is 1. The molecule has 0 aliphatic rings. The molecule has 0 fully saturated rings. The van der Waals surface area contributed by atoms with Crippen LogP contribution >= 0.6 is 0 Å². The number of phenolic OH excluding ortho intramolecular Hbond substituents is 1. The first-order chi connectivity index (χ1) is 7.15. The van der Waals surface area contributed by atoms with Gasteiger partial charge in [-0.25, -0.2) is 4.79 Å². The van der Waals surface area contributed by atoms with Gasteiger partial charge in [0.05, 0.1) is 19.8 Å². The fourth-order valence-corrected chi connectivity index (χ4v) is 1.17. The van der Waals surface area contributed by atoms with Gasteiger partial charge in [-0.2, -0.15) is 5.26 Å². The Morgan fingerprint density at radius 1 is 1.47 bits per heavy atom. The van der Waals surface area contributed by atoms with Crippen LogP contribution in [0, 0.1) is 11.3 Å². The highest BCUT2D eigenvalue weighted by Gasteiger charge is 2.18. The Morgan fingerprint density at radius 3 is 2.60 bits per heavy atom. The molecule has 1 aromatic carbocycles. The molecule has 5 nitrogen and oxygen atoms in total. The van der Waals surface area contributed by atoms with Gasteiger partial charge >= 0.3 is 5.97 Å². The van der Waals surface area contributed by atoms with E-state index < -0.39 is 5.97 Å². The Balaban J connectivity index is 3.43. The number of carbonyl (C=O) groups is 1. The van der Waals surface area contributed by atoms with Gasteiger partial charge < -0.3 is 14.6 Å². The van der Waals surface area contributed by atoms with Gasteiger partial charge in [-0.3, -0.25) is 0 Å². The molecule has 0 saturated heterocycles. The van der Waals surface area contributed by atoms with E-state index >= 15 is 0 Å². The Morgan fingerprint density at radius 2 is 2.13 bits per heavy atom. The maximum atomic E-state index is 11.3. The number of nitriles is 1. The van der Waals surface area contributed by atoms with Crippen LogP contribution in [0.5, 0.6) is 11.5 Å². The lowest BCUT2D eigenvalue weighted by Gasteiger charge is -2.08. The molecule has 0 aromatic heterocycles. The van der Waals surface area contributed by atoms with Crippen LogP contribution in [0.15, 0.2) is 12.1 Å². The minimum atomic E-state index is -0.648. The number of ether oxygens (including phenoxy) is 2. The van der Waals surface area contributed by atoms with E-state index in [0.29, 0.717) is 0 Å². The number of hydrogen-bond acceptors (Lipinski definition) is 5. The van der Waals surface area contributed by atoms with E-state index in [1.807, 2.05) is 0 Å². The van der Waals surface area contributed by atoms with Crippen molar-refractivity contribution in [1.82, 2.24) is 0 Å². The molecule has 1 aromatic rings. The molecule has 78 valence electrons. The summed E-state index contributed by atoms with van der Waals surface area (Å²) < 4.78 is 9.31. The largest absolute Gasteiger partial charge is 0.504 e. The van der Waals surface area contributed by atoms with Gasteiger partial charge in [0.2, 0.25) is 0 Å². The van der Waals surface area contributed by atoms with Crippen LogP contribution in [0.3, 0.4) is 0 Å². The number of hydrogen-bond donors (Lipinski definition) is 1.